The maximum Gasteiger partial charge on any atom is 0.226 e. The number of benzene rings is 1. The number of rotatable bonds is 5. The van der Waals surface area contributed by atoms with E-state index in [2.05, 4.69) is 23.1 Å². The Hall–Kier alpha value is -2.37. The summed E-state index contributed by atoms with van der Waals surface area (Å²) in [6.45, 7) is 7.27. The van der Waals surface area contributed by atoms with Gasteiger partial charge in [0.1, 0.15) is 5.75 Å². The fourth-order valence-corrected chi connectivity index (χ4v) is 3.20. The van der Waals surface area contributed by atoms with Gasteiger partial charge in [-0.3, -0.25) is 4.79 Å². The highest BCUT2D eigenvalue weighted by atomic mass is 16.5. The molecule has 0 bridgehead atoms. The second kappa shape index (κ2) is 7.03. The summed E-state index contributed by atoms with van der Waals surface area (Å²) in [5.74, 6) is 1.52. The number of carbonyl (C=O) groups is 1. The van der Waals surface area contributed by atoms with Crippen molar-refractivity contribution in [3.63, 3.8) is 0 Å². The number of ether oxygens (including phenoxy) is 1. The number of likely N-dealkylation sites (tertiary alicyclic amines) is 1. The van der Waals surface area contributed by atoms with Gasteiger partial charge in [-0.25, -0.2) is 0 Å². The molecule has 0 radical (unpaired) electrons. The van der Waals surface area contributed by atoms with E-state index in [9.17, 15) is 4.79 Å². The van der Waals surface area contributed by atoms with Crippen LogP contribution >= 0.6 is 0 Å². The molecule has 24 heavy (non-hydrogen) atoms. The Morgan fingerprint density at radius 2 is 2.21 bits per heavy atom. The molecule has 0 spiro atoms. The molecule has 1 atom stereocenters. The zero-order chi connectivity index (χ0) is 17.1. The molecule has 1 saturated heterocycles. The van der Waals surface area contributed by atoms with Crippen molar-refractivity contribution in [3.8, 4) is 5.75 Å². The average molecular weight is 329 g/mol. The lowest BCUT2D eigenvalue weighted by Gasteiger charge is -2.22. The van der Waals surface area contributed by atoms with E-state index in [4.69, 9.17) is 9.26 Å². The summed E-state index contributed by atoms with van der Waals surface area (Å²) in [7, 11) is 0. The molecular formula is C18H23N3O3. The molecule has 6 heteroatoms. The van der Waals surface area contributed by atoms with Crippen molar-refractivity contribution in [1.82, 2.24) is 15.0 Å². The number of hydrogen-bond donors (Lipinski definition) is 0. The van der Waals surface area contributed by atoms with Crippen molar-refractivity contribution in [2.75, 3.05) is 13.2 Å². The van der Waals surface area contributed by atoms with Crippen LogP contribution in [0.1, 0.15) is 47.8 Å². The largest absolute Gasteiger partial charge is 0.493 e. The van der Waals surface area contributed by atoms with E-state index in [-0.39, 0.29) is 11.9 Å². The van der Waals surface area contributed by atoms with Crippen molar-refractivity contribution < 1.29 is 14.1 Å². The fourth-order valence-electron chi connectivity index (χ4n) is 3.20. The van der Waals surface area contributed by atoms with E-state index in [1.54, 1.807) is 0 Å². The number of carbonyl (C=O) groups excluding carboxylic acids is 1. The molecule has 1 amide bonds. The number of aromatic nitrogens is 2. The smallest absolute Gasteiger partial charge is 0.226 e. The molecule has 0 saturated carbocycles. The summed E-state index contributed by atoms with van der Waals surface area (Å²) in [6, 6.07) is 4.08. The Kier molecular flexibility index (Phi) is 4.83. The van der Waals surface area contributed by atoms with E-state index in [1.165, 1.54) is 12.0 Å². The molecule has 0 aliphatic carbocycles. The second-order valence-corrected chi connectivity index (χ2v) is 6.34. The van der Waals surface area contributed by atoms with Crippen LogP contribution in [0.25, 0.3) is 0 Å². The minimum Gasteiger partial charge on any atom is -0.493 e. The molecule has 1 aromatic carbocycles. The molecule has 1 aliphatic rings. The lowest BCUT2D eigenvalue weighted by molar-refractivity contribution is -0.132. The van der Waals surface area contributed by atoms with Gasteiger partial charge in [0.25, 0.3) is 0 Å². The van der Waals surface area contributed by atoms with Crippen LogP contribution < -0.4 is 4.74 Å². The number of hydrogen-bond acceptors (Lipinski definition) is 5. The maximum absolute atomic E-state index is 12.5. The minimum atomic E-state index is -0.0702. The lowest BCUT2D eigenvalue weighted by Crippen LogP contribution is -2.32. The van der Waals surface area contributed by atoms with Crippen LogP contribution in [0.5, 0.6) is 5.75 Å². The Balaban J connectivity index is 1.58. The van der Waals surface area contributed by atoms with Crippen molar-refractivity contribution in [2.45, 2.75) is 46.1 Å². The maximum atomic E-state index is 12.5. The highest BCUT2D eigenvalue weighted by Gasteiger charge is 2.32. The SMILES string of the molecule is Cc1cc(C)c(C)c(OCCC(=O)N2CCCC2c2ncon2)c1. The van der Waals surface area contributed by atoms with Crippen LogP contribution in [-0.2, 0) is 4.79 Å². The second-order valence-electron chi connectivity index (χ2n) is 6.34. The van der Waals surface area contributed by atoms with Crippen LogP contribution in [-0.4, -0.2) is 34.1 Å². The molecule has 3 rings (SSSR count). The molecular weight excluding hydrogens is 306 g/mol. The van der Waals surface area contributed by atoms with Crippen molar-refractivity contribution >= 4 is 5.91 Å². The third kappa shape index (κ3) is 3.42. The first-order valence-electron chi connectivity index (χ1n) is 8.32. The first kappa shape index (κ1) is 16.5. The van der Waals surface area contributed by atoms with Crippen LogP contribution in [0.3, 0.4) is 0 Å². The fraction of sp³-hybridized carbons (Fsp3) is 0.500. The summed E-state index contributed by atoms with van der Waals surface area (Å²) in [4.78, 5) is 18.4. The molecule has 1 aromatic heterocycles. The molecule has 6 nitrogen and oxygen atoms in total. The minimum absolute atomic E-state index is 0.0702. The van der Waals surface area contributed by atoms with Gasteiger partial charge in [-0.1, -0.05) is 11.2 Å². The Morgan fingerprint density at radius 3 is 2.96 bits per heavy atom. The molecule has 1 fully saturated rings. The quantitative estimate of drug-likeness (QED) is 0.843. The predicted molar refractivity (Wildman–Crippen MR) is 88.8 cm³/mol. The average Bonchev–Trinajstić information content (AvgIpc) is 3.22. The van der Waals surface area contributed by atoms with Gasteiger partial charge in [0.05, 0.1) is 19.1 Å². The topological polar surface area (TPSA) is 68.5 Å². The molecule has 0 N–H and O–H groups in total. The number of aryl methyl sites for hydroxylation is 2. The van der Waals surface area contributed by atoms with E-state index < -0.39 is 0 Å². The van der Waals surface area contributed by atoms with Crippen LogP contribution in [0, 0.1) is 20.8 Å². The van der Waals surface area contributed by atoms with Crippen LogP contribution in [0.15, 0.2) is 23.0 Å². The zero-order valence-electron chi connectivity index (χ0n) is 14.4. The van der Waals surface area contributed by atoms with Gasteiger partial charge in [0.15, 0.2) is 5.82 Å². The van der Waals surface area contributed by atoms with E-state index >= 15 is 0 Å². The molecule has 2 aromatic rings. The lowest BCUT2D eigenvalue weighted by atomic mass is 10.1. The van der Waals surface area contributed by atoms with Gasteiger partial charge < -0.3 is 14.2 Å². The summed E-state index contributed by atoms with van der Waals surface area (Å²) in [5.41, 5.74) is 3.49. The molecule has 1 unspecified atom stereocenters. The highest BCUT2D eigenvalue weighted by Crippen LogP contribution is 2.30. The Labute approximate surface area is 141 Å². The third-order valence-electron chi connectivity index (χ3n) is 4.59. The normalized spacial score (nSPS) is 17.3. The first-order chi connectivity index (χ1) is 11.6. The first-order valence-corrected chi connectivity index (χ1v) is 8.32. The van der Waals surface area contributed by atoms with Crippen molar-refractivity contribution in [3.05, 3.63) is 41.0 Å². The summed E-state index contributed by atoms with van der Waals surface area (Å²) < 4.78 is 10.7. The van der Waals surface area contributed by atoms with E-state index in [0.717, 1.165) is 36.3 Å². The van der Waals surface area contributed by atoms with E-state index in [1.807, 2.05) is 24.8 Å². The predicted octanol–water partition coefficient (Wildman–Crippen LogP) is 3.13. The highest BCUT2D eigenvalue weighted by molar-refractivity contribution is 5.77. The van der Waals surface area contributed by atoms with Crippen molar-refractivity contribution in [1.29, 1.82) is 0 Å². The molecule has 128 valence electrons. The molecule has 2 heterocycles. The van der Waals surface area contributed by atoms with Gasteiger partial charge in [0, 0.05) is 6.54 Å². The van der Waals surface area contributed by atoms with E-state index in [0.29, 0.717) is 18.9 Å². The van der Waals surface area contributed by atoms with Gasteiger partial charge in [-0.2, -0.15) is 4.98 Å². The summed E-state index contributed by atoms with van der Waals surface area (Å²) in [6.07, 6.45) is 3.49. The number of nitrogens with zero attached hydrogens (tertiary/aromatic N) is 3. The molecule has 1 aliphatic heterocycles. The van der Waals surface area contributed by atoms with Gasteiger partial charge in [-0.15, -0.1) is 0 Å². The van der Waals surface area contributed by atoms with Gasteiger partial charge >= 0.3 is 0 Å². The number of amides is 1. The van der Waals surface area contributed by atoms with Gasteiger partial charge in [0.2, 0.25) is 12.3 Å². The zero-order valence-corrected chi connectivity index (χ0v) is 14.4. The van der Waals surface area contributed by atoms with Crippen LogP contribution in [0.4, 0.5) is 0 Å². The summed E-state index contributed by atoms with van der Waals surface area (Å²) >= 11 is 0. The van der Waals surface area contributed by atoms with Gasteiger partial charge in [-0.05, 0) is 56.4 Å². The summed E-state index contributed by atoms with van der Waals surface area (Å²) in [5, 5.41) is 3.88. The Bertz CT molecular complexity index is 713. The standard InChI is InChI=1S/C18H23N3O3/c1-12-9-13(2)14(3)16(10-12)23-8-6-17(22)21-7-4-5-15(21)18-19-11-24-20-18/h9-11,15H,4-8H2,1-3H3. The monoisotopic (exact) mass is 329 g/mol. The van der Waals surface area contributed by atoms with Crippen LogP contribution in [0.2, 0.25) is 0 Å². The Morgan fingerprint density at radius 1 is 1.38 bits per heavy atom. The van der Waals surface area contributed by atoms with Crippen molar-refractivity contribution in [2.24, 2.45) is 0 Å². The third-order valence-corrected chi connectivity index (χ3v) is 4.59.